The van der Waals surface area contributed by atoms with Gasteiger partial charge in [-0.15, -0.1) is 0 Å². The van der Waals surface area contributed by atoms with Crippen LogP contribution in [0.2, 0.25) is 0 Å². The molecule has 1 aliphatic heterocycles. The summed E-state index contributed by atoms with van der Waals surface area (Å²) in [6, 6.07) is 11.5. The summed E-state index contributed by atoms with van der Waals surface area (Å²) in [4.78, 5) is 22.6. The number of aliphatic carboxylic acids is 1. The molecule has 1 saturated heterocycles. The molecule has 0 saturated carbocycles. The molecule has 5 nitrogen and oxygen atoms in total. The Balaban J connectivity index is 1.96. The lowest BCUT2D eigenvalue weighted by Gasteiger charge is -2.25. The van der Waals surface area contributed by atoms with Gasteiger partial charge in [-0.25, -0.2) is 9.78 Å². The van der Waals surface area contributed by atoms with Crippen molar-refractivity contribution in [3.05, 3.63) is 54.5 Å². The first kappa shape index (κ1) is 15.6. The van der Waals surface area contributed by atoms with Gasteiger partial charge >= 0.3 is 5.97 Å². The van der Waals surface area contributed by atoms with Crippen molar-refractivity contribution in [1.82, 2.24) is 9.97 Å². The number of anilines is 1. The molecular weight excluding hydrogens is 314 g/mol. The smallest absolute Gasteiger partial charge is 0.326 e. The van der Waals surface area contributed by atoms with E-state index in [1.807, 2.05) is 48.4 Å². The maximum absolute atomic E-state index is 11.6. The van der Waals surface area contributed by atoms with Crippen molar-refractivity contribution in [1.29, 1.82) is 0 Å². The lowest BCUT2D eigenvalue weighted by Crippen LogP contribution is -2.36. The quantitative estimate of drug-likeness (QED) is 0.792. The molecule has 2 aromatic heterocycles. The number of pyridine rings is 2. The molecule has 1 N–H and O–H groups in total. The molecule has 3 aromatic rings. The fraction of sp³-hybridized carbons (Fsp3) is 0.250. The summed E-state index contributed by atoms with van der Waals surface area (Å²) in [6.07, 6.45) is 5.13. The van der Waals surface area contributed by atoms with Crippen LogP contribution in [0.5, 0.6) is 0 Å². The highest BCUT2D eigenvalue weighted by atomic mass is 16.4. The van der Waals surface area contributed by atoms with E-state index >= 15 is 0 Å². The molecule has 1 unspecified atom stereocenters. The van der Waals surface area contributed by atoms with Crippen LogP contribution in [0.1, 0.15) is 18.5 Å². The number of benzene rings is 1. The summed E-state index contributed by atoms with van der Waals surface area (Å²) in [7, 11) is 0. The molecule has 3 heterocycles. The van der Waals surface area contributed by atoms with Gasteiger partial charge in [0.1, 0.15) is 11.9 Å². The largest absolute Gasteiger partial charge is 0.480 e. The third-order valence-electron chi connectivity index (χ3n) is 4.83. The summed E-state index contributed by atoms with van der Waals surface area (Å²) < 4.78 is 0. The van der Waals surface area contributed by atoms with Crippen LogP contribution in [-0.2, 0) is 4.79 Å². The first-order valence-electron chi connectivity index (χ1n) is 8.46. The number of hydrogen-bond donors (Lipinski definition) is 1. The fourth-order valence-corrected chi connectivity index (χ4v) is 3.74. The molecule has 25 heavy (non-hydrogen) atoms. The van der Waals surface area contributed by atoms with Crippen LogP contribution >= 0.6 is 0 Å². The Hall–Kier alpha value is -2.95. The van der Waals surface area contributed by atoms with Gasteiger partial charge in [0.15, 0.2) is 0 Å². The van der Waals surface area contributed by atoms with E-state index in [2.05, 4.69) is 11.1 Å². The second-order valence-electron chi connectivity index (χ2n) is 6.37. The van der Waals surface area contributed by atoms with Crippen molar-refractivity contribution in [3.63, 3.8) is 0 Å². The predicted molar refractivity (Wildman–Crippen MR) is 97.7 cm³/mol. The van der Waals surface area contributed by atoms with Gasteiger partial charge in [-0.1, -0.05) is 30.3 Å². The maximum atomic E-state index is 11.6. The van der Waals surface area contributed by atoms with Crippen molar-refractivity contribution < 1.29 is 9.90 Å². The van der Waals surface area contributed by atoms with Gasteiger partial charge in [-0.3, -0.25) is 4.98 Å². The van der Waals surface area contributed by atoms with Crippen LogP contribution < -0.4 is 4.90 Å². The first-order valence-corrected chi connectivity index (χ1v) is 8.46. The van der Waals surface area contributed by atoms with E-state index in [-0.39, 0.29) is 0 Å². The zero-order chi connectivity index (χ0) is 17.4. The van der Waals surface area contributed by atoms with Gasteiger partial charge in [-0.2, -0.15) is 0 Å². The SMILES string of the molecule is Cc1nc(N2CCCC2C(=O)O)c2ccccc2c1-c1cccnc1. The zero-order valence-corrected chi connectivity index (χ0v) is 14.0. The summed E-state index contributed by atoms with van der Waals surface area (Å²) in [5, 5.41) is 11.6. The Morgan fingerprint density at radius 3 is 2.72 bits per heavy atom. The van der Waals surface area contributed by atoms with Gasteiger partial charge in [0.25, 0.3) is 0 Å². The number of carboxylic acid groups (broad SMARTS) is 1. The van der Waals surface area contributed by atoms with Crippen LogP contribution in [0.3, 0.4) is 0 Å². The summed E-state index contributed by atoms with van der Waals surface area (Å²) in [5.41, 5.74) is 2.96. The number of fused-ring (bicyclic) bond motifs is 1. The number of aromatic nitrogens is 2. The molecule has 4 rings (SSSR count). The third kappa shape index (κ3) is 2.61. The highest BCUT2D eigenvalue weighted by molar-refractivity contribution is 6.03. The standard InChI is InChI=1S/C20H19N3O2/c1-13-18(14-6-4-10-21-12-14)15-7-2-3-8-16(15)19(22-13)23-11-5-9-17(23)20(24)25/h2-4,6-8,10,12,17H,5,9,11H2,1H3,(H,24,25). The first-order chi connectivity index (χ1) is 12.2. The molecule has 0 radical (unpaired) electrons. The summed E-state index contributed by atoms with van der Waals surface area (Å²) in [5.74, 6) is -0.0111. The van der Waals surface area contributed by atoms with E-state index in [9.17, 15) is 9.90 Å². The fourth-order valence-electron chi connectivity index (χ4n) is 3.74. The molecule has 1 aromatic carbocycles. The third-order valence-corrected chi connectivity index (χ3v) is 4.83. The van der Waals surface area contributed by atoms with E-state index in [1.165, 1.54) is 0 Å². The number of hydrogen-bond acceptors (Lipinski definition) is 4. The van der Waals surface area contributed by atoms with Gasteiger partial charge in [-0.05, 0) is 31.2 Å². The Morgan fingerprint density at radius 2 is 2.00 bits per heavy atom. The minimum atomic E-state index is -0.780. The molecule has 126 valence electrons. The molecule has 0 aliphatic carbocycles. The Kier molecular flexibility index (Phi) is 3.84. The van der Waals surface area contributed by atoms with Crippen molar-refractivity contribution in [2.75, 3.05) is 11.4 Å². The van der Waals surface area contributed by atoms with Crippen LogP contribution in [0.25, 0.3) is 21.9 Å². The van der Waals surface area contributed by atoms with E-state index in [0.717, 1.165) is 46.4 Å². The van der Waals surface area contributed by atoms with Crippen LogP contribution in [0.4, 0.5) is 5.82 Å². The number of nitrogens with zero attached hydrogens (tertiary/aromatic N) is 3. The molecule has 0 amide bonds. The topological polar surface area (TPSA) is 66.3 Å². The van der Waals surface area contributed by atoms with Gasteiger partial charge in [0, 0.05) is 41.1 Å². The normalized spacial score (nSPS) is 17.2. The van der Waals surface area contributed by atoms with Gasteiger partial charge < -0.3 is 10.0 Å². The number of aryl methyl sites for hydroxylation is 1. The van der Waals surface area contributed by atoms with E-state index < -0.39 is 12.0 Å². The van der Waals surface area contributed by atoms with Crippen molar-refractivity contribution in [2.24, 2.45) is 0 Å². The lowest BCUT2D eigenvalue weighted by atomic mass is 9.98. The van der Waals surface area contributed by atoms with E-state index in [1.54, 1.807) is 6.20 Å². The van der Waals surface area contributed by atoms with Crippen LogP contribution in [0.15, 0.2) is 48.8 Å². The molecular formula is C20H19N3O2. The minimum Gasteiger partial charge on any atom is -0.480 e. The zero-order valence-electron chi connectivity index (χ0n) is 14.0. The molecule has 1 atom stereocenters. The Bertz CT molecular complexity index is 940. The average molecular weight is 333 g/mol. The second-order valence-corrected chi connectivity index (χ2v) is 6.37. The molecule has 5 heteroatoms. The molecule has 1 aliphatic rings. The second kappa shape index (κ2) is 6.16. The number of rotatable bonds is 3. The van der Waals surface area contributed by atoms with Gasteiger partial charge in [0.2, 0.25) is 0 Å². The molecule has 0 bridgehead atoms. The molecule has 1 fully saturated rings. The monoisotopic (exact) mass is 333 g/mol. The summed E-state index contributed by atoms with van der Waals surface area (Å²) >= 11 is 0. The highest BCUT2D eigenvalue weighted by Gasteiger charge is 2.32. The van der Waals surface area contributed by atoms with Crippen LogP contribution in [-0.4, -0.2) is 33.6 Å². The highest BCUT2D eigenvalue weighted by Crippen LogP contribution is 2.37. The van der Waals surface area contributed by atoms with Crippen molar-refractivity contribution in [2.45, 2.75) is 25.8 Å². The van der Waals surface area contributed by atoms with Crippen molar-refractivity contribution >= 4 is 22.6 Å². The minimum absolute atomic E-state index is 0.500. The van der Waals surface area contributed by atoms with E-state index in [4.69, 9.17) is 4.98 Å². The Labute approximate surface area is 146 Å². The number of carbonyl (C=O) groups is 1. The molecule has 0 spiro atoms. The average Bonchev–Trinajstić information content (AvgIpc) is 3.11. The predicted octanol–water partition coefficient (Wildman–Crippen LogP) is 3.66. The summed E-state index contributed by atoms with van der Waals surface area (Å²) in [6.45, 7) is 2.70. The lowest BCUT2D eigenvalue weighted by molar-refractivity contribution is -0.138. The van der Waals surface area contributed by atoms with Gasteiger partial charge in [0.05, 0.1) is 0 Å². The van der Waals surface area contributed by atoms with Crippen LogP contribution in [0, 0.1) is 6.92 Å². The van der Waals surface area contributed by atoms with Crippen molar-refractivity contribution in [3.8, 4) is 11.1 Å². The van der Waals surface area contributed by atoms with E-state index in [0.29, 0.717) is 6.42 Å². The Morgan fingerprint density at radius 1 is 1.20 bits per heavy atom. The maximum Gasteiger partial charge on any atom is 0.326 e. The number of carboxylic acids is 1.